The van der Waals surface area contributed by atoms with Gasteiger partial charge in [0.15, 0.2) is 11.1 Å². The van der Waals surface area contributed by atoms with Crippen LogP contribution in [0.25, 0.3) is 10.9 Å². The summed E-state index contributed by atoms with van der Waals surface area (Å²) in [7, 11) is -4.12. The van der Waals surface area contributed by atoms with Crippen molar-refractivity contribution in [3.8, 4) is 0 Å². The Hall–Kier alpha value is -2.17. The Kier molecular flexibility index (Phi) is 4.21. The van der Waals surface area contributed by atoms with Gasteiger partial charge in [-0.2, -0.15) is 13.2 Å². The molecule has 0 aliphatic heterocycles. The van der Waals surface area contributed by atoms with Gasteiger partial charge in [0.2, 0.25) is 9.84 Å². The monoisotopic (exact) mass is 389 g/mol. The molecule has 0 saturated carbocycles. The van der Waals surface area contributed by atoms with Crippen LogP contribution in [-0.2, 0) is 27.1 Å². The molecule has 25 heavy (non-hydrogen) atoms. The minimum atomic E-state index is -4.82. The molecule has 0 aliphatic rings. The molecule has 1 aromatic heterocycles. The number of benzene rings is 2. The van der Waals surface area contributed by atoms with Gasteiger partial charge in [0.1, 0.15) is 0 Å². The van der Waals surface area contributed by atoms with E-state index in [0.29, 0.717) is 6.07 Å². The van der Waals surface area contributed by atoms with Crippen molar-refractivity contribution in [3.63, 3.8) is 0 Å². The third-order valence-corrected chi connectivity index (χ3v) is 6.11. The van der Waals surface area contributed by atoms with Crippen molar-refractivity contribution in [2.75, 3.05) is 0 Å². The summed E-state index contributed by atoms with van der Waals surface area (Å²) < 4.78 is 85.8. The van der Waals surface area contributed by atoms with Gasteiger partial charge in [-0.1, -0.05) is 18.2 Å². The lowest BCUT2D eigenvalue weighted by molar-refractivity contribution is -0.136. The van der Waals surface area contributed by atoms with Gasteiger partial charge < -0.3 is 9.54 Å². The lowest BCUT2D eigenvalue weighted by Crippen LogP contribution is -2.09. The second-order valence-corrected chi connectivity index (χ2v) is 7.93. The summed E-state index contributed by atoms with van der Waals surface area (Å²) in [6.07, 6.45) is -3.91. The fourth-order valence-corrected chi connectivity index (χ4v) is 4.51. The summed E-state index contributed by atoms with van der Waals surface area (Å²) in [5.41, 5.74) is -1.55. The molecule has 0 fully saturated rings. The Bertz CT molecular complexity index is 1070. The number of rotatable bonds is 3. The Labute approximate surface area is 142 Å². The van der Waals surface area contributed by atoms with Gasteiger partial charge in [-0.05, 0) is 24.3 Å². The maximum absolute atomic E-state index is 13.2. The molecule has 0 bridgehead atoms. The number of H-pyrrole nitrogens is 1. The first-order valence-electron chi connectivity index (χ1n) is 6.76. The lowest BCUT2D eigenvalue weighted by atomic mass is 10.1. The summed E-state index contributed by atoms with van der Waals surface area (Å²) in [6, 6.07) is 8.63. The van der Waals surface area contributed by atoms with Crippen LogP contribution in [-0.4, -0.2) is 22.2 Å². The van der Waals surface area contributed by atoms with Gasteiger partial charge in [-0.3, -0.25) is 0 Å². The van der Waals surface area contributed by atoms with Gasteiger partial charge in [0.05, 0.1) is 25.8 Å². The van der Waals surface area contributed by atoms with E-state index in [-0.39, 0.29) is 10.4 Å². The normalized spacial score (nSPS) is 13.9. The zero-order chi connectivity index (χ0) is 18.4. The molecule has 3 rings (SSSR count). The Morgan fingerprint density at radius 3 is 2.24 bits per heavy atom. The Morgan fingerprint density at radius 2 is 1.68 bits per heavy atom. The van der Waals surface area contributed by atoms with Gasteiger partial charge in [0.25, 0.3) is 0 Å². The molecular weight excluding hydrogens is 379 g/mol. The number of hydrogen-bond donors (Lipinski definition) is 2. The Morgan fingerprint density at radius 1 is 1.04 bits per heavy atom. The first-order chi connectivity index (χ1) is 11.6. The molecule has 2 N–H and O–H groups in total. The van der Waals surface area contributed by atoms with Crippen LogP contribution in [0.5, 0.6) is 0 Å². The molecule has 0 spiro atoms. The van der Waals surface area contributed by atoms with Gasteiger partial charge in [0, 0.05) is 11.6 Å². The highest BCUT2D eigenvalue weighted by molar-refractivity contribution is 7.91. The van der Waals surface area contributed by atoms with Gasteiger partial charge in [-0.15, -0.1) is 0 Å². The van der Waals surface area contributed by atoms with Crippen molar-refractivity contribution >= 4 is 31.8 Å². The molecule has 0 radical (unpaired) electrons. The van der Waals surface area contributed by atoms with Crippen molar-refractivity contribution in [3.05, 3.63) is 54.2 Å². The van der Waals surface area contributed by atoms with Crippen LogP contribution in [0.4, 0.5) is 13.2 Å². The van der Waals surface area contributed by atoms with E-state index in [4.69, 9.17) is 0 Å². The fraction of sp³-hybridized carbons (Fsp3) is 0.0667. The van der Waals surface area contributed by atoms with Crippen LogP contribution in [0.2, 0.25) is 0 Å². The standard InChI is InChI=1S/C15H10F3NO4S2/c16-15(17,18)10-6-7-12(14-13(10)11(8-19-14)24(20)21)25(22,23)9-4-2-1-3-5-9/h1-8,19H,(H,20,21). The molecule has 0 amide bonds. The van der Waals surface area contributed by atoms with Crippen LogP contribution in [0.15, 0.2) is 63.3 Å². The summed E-state index contributed by atoms with van der Waals surface area (Å²) in [5, 5.41) is -0.634. The number of nitrogens with one attached hydrogen (secondary N) is 1. The number of fused-ring (bicyclic) bond motifs is 1. The zero-order valence-electron chi connectivity index (χ0n) is 12.2. The molecule has 132 valence electrons. The second-order valence-electron chi connectivity index (χ2n) is 5.08. The number of hydrogen-bond acceptors (Lipinski definition) is 3. The molecule has 3 aromatic rings. The fourth-order valence-electron chi connectivity index (χ4n) is 2.52. The summed E-state index contributed by atoms with van der Waals surface area (Å²) in [5.74, 6) is 0. The largest absolute Gasteiger partial charge is 0.417 e. The SMILES string of the molecule is O=S(O)c1c[nH]c2c(S(=O)(=O)c3ccccc3)ccc(C(F)(F)F)c12. The molecule has 0 aliphatic carbocycles. The van der Waals surface area contributed by atoms with Crippen molar-refractivity contribution in [2.24, 2.45) is 0 Å². The predicted octanol–water partition coefficient (Wildman–Crippen LogP) is 3.60. The number of aromatic nitrogens is 1. The highest BCUT2D eigenvalue weighted by Crippen LogP contribution is 2.40. The number of aromatic amines is 1. The first kappa shape index (κ1) is 17.6. The smallest absolute Gasteiger partial charge is 0.359 e. The molecule has 1 heterocycles. The maximum atomic E-state index is 13.2. The highest BCUT2D eigenvalue weighted by atomic mass is 32.2. The summed E-state index contributed by atoms with van der Waals surface area (Å²) in [6.45, 7) is 0. The van der Waals surface area contributed by atoms with Crippen molar-refractivity contribution in [1.82, 2.24) is 4.98 Å². The number of alkyl halides is 3. The Balaban J connectivity index is 2.39. The summed E-state index contributed by atoms with van der Waals surface area (Å²) >= 11 is -2.72. The van der Waals surface area contributed by atoms with E-state index in [1.54, 1.807) is 6.07 Å². The average molecular weight is 389 g/mol. The highest BCUT2D eigenvalue weighted by Gasteiger charge is 2.36. The molecule has 1 atom stereocenters. The van der Waals surface area contributed by atoms with E-state index in [9.17, 15) is 30.4 Å². The topological polar surface area (TPSA) is 87.2 Å². The third-order valence-electron chi connectivity index (χ3n) is 3.60. The summed E-state index contributed by atoms with van der Waals surface area (Å²) in [4.78, 5) is 1.36. The quantitative estimate of drug-likeness (QED) is 0.670. The zero-order valence-corrected chi connectivity index (χ0v) is 13.9. The van der Waals surface area contributed by atoms with Crippen molar-refractivity contribution in [2.45, 2.75) is 20.9 Å². The van der Waals surface area contributed by atoms with Gasteiger partial charge >= 0.3 is 6.18 Å². The number of halogens is 3. The van der Waals surface area contributed by atoms with E-state index in [1.807, 2.05) is 0 Å². The molecule has 2 aromatic carbocycles. The lowest BCUT2D eigenvalue weighted by Gasteiger charge is -2.12. The van der Waals surface area contributed by atoms with Gasteiger partial charge in [-0.25, -0.2) is 12.6 Å². The average Bonchev–Trinajstić information content (AvgIpc) is 2.98. The predicted molar refractivity (Wildman–Crippen MR) is 84.2 cm³/mol. The van der Waals surface area contributed by atoms with E-state index >= 15 is 0 Å². The minimum absolute atomic E-state index is 0.0997. The minimum Gasteiger partial charge on any atom is -0.359 e. The molecular formula is C15H10F3NO4S2. The first-order valence-corrected chi connectivity index (χ1v) is 9.35. The maximum Gasteiger partial charge on any atom is 0.417 e. The van der Waals surface area contributed by atoms with Crippen molar-refractivity contribution in [1.29, 1.82) is 0 Å². The molecule has 0 saturated heterocycles. The number of sulfone groups is 1. The van der Waals surface area contributed by atoms with Crippen LogP contribution < -0.4 is 0 Å². The van der Waals surface area contributed by atoms with E-state index in [2.05, 4.69) is 4.98 Å². The van der Waals surface area contributed by atoms with Crippen LogP contribution >= 0.6 is 0 Å². The van der Waals surface area contributed by atoms with E-state index in [0.717, 1.165) is 12.3 Å². The molecule has 10 heteroatoms. The van der Waals surface area contributed by atoms with E-state index < -0.39 is 47.8 Å². The van der Waals surface area contributed by atoms with E-state index in [1.165, 1.54) is 24.3 Å². The van der Waals surface area contributed by atoms with Crippen LogP contribution in [0.3, 0.4) is 0 Å². The van der Waals surface area contributed by atoms with Crippen molar-refractivity contribution < 1.29 is 30.4 Å². The third kappa shape index (κ3) is 2.96. The molecule has 1 unspecified atom stereocenters. The van der Waals surface area contributed by atoms with Crippen LogP contribution in [0.1, 0.15) is 5.56 Å². The molecule has 5 nitrogen and oxygen atoms in total. The second kappa shape index (κ2) is 5.97. The van der Waals surface area contributed by atoms with Crippen LogP contribution in [0, 0.1) is 0 Å².